The Bertz CT molecular complexity index is 389. The third-order valence-corrected chi connectivity index (χ3v) is 3.61. The molecule has 1 atom stereocenters. The maximum absolute atomic E-state index is 6.00. The van der Waals surface area contributed by atoms with Gasteiger partial charge in [-0.05, 0) is 24.6 Å². The molecule has 1 saturated heterocycles. The number of aryl methyl sites for hydroxylation is 1. The van der Waals surface area contributed by atoms with Crippen molar-refractivity contribution in [3.63, 3.8) is 0 Å². The summed E-state index contributed by atoms with van der Waals surface area (Å²) in [6.07, 6.45) is 0. The zero-order chi connectivity index (χ0) is 13.7. The van der Waals surface area contributed by atoms with Crippen LogP contribution in [0.3, 0.4) is 0 Å². The molecule has 0 radical (unpaired) electrons. The van der Waals surface area contributed by atoms with Crippen LogP contribution in [0.1, 0.15) is 5.56 Å². The molecule has 0 aliphatic carbocycles. The van der Waals surface area contributed by atoms with Crippen molar-refractivity contribution in [2.45, 2.75) is 13.0 Å². The average Bonchev–Trinajstić information content (AvgIpc) is 2.40. The van der Waals surface area contributed by atoms with Crippen LogP contribution in [0.5, 0.6) is 0 Å². The highest BCUT2D eigenvalue weighted by Gasteiger charge is 2.18. The summed E-state index contributed by atoms with van der Waals surface area (Å²) in [5.74, 6) is 0. The van der Waals surface area contributed by atoms with Crippen molar-refractivity contribution in [2.75, 3.05) is 51.3 Å². The third kappa shape index (κ3) is 4.20. The van der Waals surface area contributed by atoms with E-state index in [-0.39, 0.29) is 6.04 Å². The molecule has 1 aromatic rings. The molecule has 2 N–H and O–H groups in total. The van der Waals surface area contributed by atoms with E-state index in [2.05, 4.69) is 41.0 Å². The summed E-state index contributed by atoms with van der Waals surface area (Å²) in [7, 11) is 1.70. The van der Waals surface area contributed by atoms with E-state index in [9.17, 15) is 0 Å². The Morgan fingerprint density at radius 2 is 2.00 bits per heavy atom. The molecule has 1 aromatic carbocycles. The SMILES string of the molecule is COCC(N)CN1CCN(c2cccc(C)c2)CC1. The van der Waals surface area contributed by atoms with Gasteiger partial charge in [0, 0.05) is 51.6 Å². The summed E-state index contributed by atoms with van der Waals surface area (Å²) < 4.78 is 5.09. The highest BCUT2D eigenvalue weighted by molar-refractivity contribution is 5.48. The highest BCUT2D eigenvalue weighted by Crippen LogP contribution is 2.17. The Morgan fingerprint density at radius 3 is 2.63 bits per heavy atom. The van der Waals surface area contributed by atoms with E-state index >= 15 is 0 Å². The number of nitrogens with two attached hydrogens (primary N) is 1. The van der Waals surface area contributed by atoms with E-state index < -0.39 is 0 Å². The lowest BCUT2D eigenvalue weighted by atomic mass is 10.2. The van der Waals surface area contributed by atoms with Gasteiger partial charge in [-0.25, -0.2) is 0 Å². The van der Waals surface area contributed by atoms with Crippen LogP contribution in [-0.2, 0) is 4.74 Å². The fourth-order valence-corrected chi connectivity index (χ4v) is 2.61. The largest absolute Gasteiger partial charge is 0.383 e. The first-order valence-corrected chi connectivity index (χ1v) is 6.97. The zero-order valence-corrected chi connectivity index (χ0v) is 12.0. The van der Waals surface area contributed by atoms with Crippen molar-refractivity contribution in [1.82, 2.24) is 4.90 Å². The van der Waals surface area contributed by atoms with Crippen molar-refractivity contribution >= 4 is 5.69 Å². The minimum Gasteiger partial charge on any atom is -0.383 e. The van der Waals surface area contributed by atoms with Crippen LogP contribution in [0.15, 0.2) is 24.3 Å². The number of piperazine rings is 1. The minimum absolute atomic E-state index is 0.121. The summed E-state index contributed by atoms with van der Waals surface area (Å²) >= 11 is 0. The van der Waals surface area contributed by atoms with Crippen LogP contribution in [0, 0.1) is 6.92 Å². The van der Waals surface area contributed by atoms with Crippen LogP contribution in [-0.4, -0.2) is 57.4 Å². The van der Waals surface area contributed by atoms with Crippen molar-refractivity contribution in [3.8, 4) is 0 Å². The number of hydrogen-bond acceptors (Lipinski definition) is 4. The summed E-state index contributed by atoms with van der Waals surface area (Å²) in [4.78, 5) is 4.88. The predicted octanol–water partition coefficient (Wildman–Crippen LogP) is 1.09. The number of hydrogen-bond donors (Lipinski definition) is 1. The summed E-state index contributed by atoms with van der Waals surface area (Å²) in [6, 6.07) is 8.84. The van der Waals surface area contributed by atoms with Gasteiger partial charge in [0.1, 0.15) is 0 Å². The molecule has 0 spiro atoms. The van der Waals surface area contributed by atoms with Gasteiger partial charge >= 0.3 is 0 Å². The van der Waals surface area contributed by atoms with E-state index in [1.54, 1.807) is 7.11 Å². The molecule has 1 fully saturated rings. The molecule has 0 bridgehead atoms. The number of anilines is 1. The number of ether oxygens (including phenoxy) is 1. The Morgan fingerprint density at radius 1 is 1.26 bits per heavy atom. The number of rotatable bonds is 5. The van der Waals surface area contributed by atoms with Gasteiger partial charge in [-0.1, -0.05) is 12.1 Å². The summed E-state index contributed by atoms with van der Waals surface area (Å²) in [5.41, 5.74) is 8.66. The molecule has 0 saturated carbocycles. The topological polar surface area (TPSA) is 41.7 Å². The first-order chi connectivity index (χ1) is 9.19. The van der Waals surface area contributed by atoms with Gasteiger partial charge in [0.05, 0.1) is 6.61 Å². The number of methoxy groups -OCH3 is 1. The average molecular weight is 263 g/mol. The normalized spacial score (nSPS) is 18.6. The quantitative estimate of drug-likeness (QED) is 0.863. The zero-order valence-electron chi connectivity index (χ0n) is 12.0. The highest BCUT2D eigenvalue weighted by atomic mass is 16.5. The van der Waals surface area contributed by atoms with Gasteiger partial charge in [-0.15, -0.1) is 0 Å². The molecular formula is C15H25N3O. The first-order valence-electron chi connectivity index (χ1n) is 6.97. The molecule has 4 nitrogen and oxygen atoms in total. The second-order valence-corrected chi connectivity index (χ2v) is 5.34. The molecule has 2 rings (SSSR count). The lowest BCUT2D eigenvalue weighted by Gasteiger charge is -2.37. The van der Waals surface area contributed by atoms with E-state index in [1.807, 2.05) is 0 Å². The van der Waals surface area contributed by atoms with Gasteiger partial charge in [0.15, 0.2) is 0 Å². The molecular weight excluding hydrogens is 238 g/mol. The van der Waals surface area contributed by atoms with Crippen LogP contribution in [0.4, 0.5) is 5.69 Å². The van der Waals surface area contributed by atoms with Gasteiger partial charge in [0.2, 0.25) is 0 Å². The Labute approximate surface area is 116 Å². The van der Waals surface area contributed by atoms with Crippen LogP contribution in [0.25, 0.3) is 0 Å². The van der Waals surface area contributed by atoms with E-state index in [0.29, 0.717) is 6.61 Å². The fraction of sp³-hybridized carbons (Fsp3) is 0.600. The first kappa shape index (κ1) is 14.3. The molecule has 19 heavy (non-hydrogen) atoms. The van der Waals surface area contributed by atoms with Crippen molar-refractivity contribution in [3.05, 3.63) is 29.8 Å². The molecule has 0 amide bonds. The van der Waals surface area contributed by atoms with Crippen molar-refractivity contribution < 1.29 is 4.74 Å². The second kappa shape index (κ2) is 6.89. The lowest BCUT2D eigenvalue weighted by molar-refractivity contribution is 0.150. The standard InChI is InChI=1S/C15H25N3O/c1-13-4-3-5-15(10-13)18-8-6-17(7-9-18)11-14(16)12-19-2/h3-5,10,14H,6-9,11-12,16H2,1-2H3. The summed E-state index contributed by atoms with van der Waals surface area (Å²) in [5, 5.41) is 0. The Hall–Kier alpha value is -1.10. The van der Waals surface area contributed by atoms with E-state index in [1.165, 1.54) is 11.3 Å². The smallest absolute Gasteiger partial charge is 0.0626 e. The summed E-state index contributed by atoms with van der Waals surface area (Å²) in [6.45, 7) is 8.00. The van der Waals surface area contributed by atoms with Crippen LogP contribution in [0.2, 0.25) is 0 Å². The van der Waals surface area contributed by atoms with E-state index in [0.717, 1.165) is 32.7 Å². The van der Waals surface area contributed by atoms with Crippen molar-refractivity contribution in [2.24, 2.45) is 5.73 Å². The van der Waals surface area contributed by atoms with Gasteiger partial charge in [-0.3, -0.25) is 4.90 Å². The predicted molar refractivity (Wildman–Crippen MR) is 79.7 cm³/mol. The molecule has 1 unspecified atom stereocenters. The molecule has 1 aliphatic rings. The molecule has 4 heteroatoms. The van der Waals surface area contributed by atoms with Crippen LogP contribution < -0.4 is 10.6 Å². The van der Waals surface area contributed by atoms with Gasteiger partial charge < -0.3 is 15.4 Å². The Balaban J connectivity index is 1.82. The monoisotopic (exact) mass is 263 g/mol. The van der Waals surface area contributed by atoms with E-state index in [4.69, 9.17) is 10.5 Å². The van der Waals surface area contributed by atoms with Crippen LogP contribution >= 0.6 is 0 Å². The molecule has 106 valence electrons. The minimum atomic E-state index is 0.121. The third-order valence-electron chi connectivity index (χ3n) is 3.61. The van der Waals surface area contributed by atoms with Gasteiger partial charge in [-0.2, -0.15) is 0 Å². The molecule has 1 aliphatic heterocycles. The fourth-order valence-electron chi connectivity index (χ4n) is 2.61. The lowest BCUT2D eigenvalue weighted by Crippen LogP contribution is -2.50. The van der Waals surface area contributed by atoms with Gasteiger partial charge in [0.25, 0.3) is 0 Å². The Kier molecular flexibility index (Phi) is 5.19. The second-order valence-electron chi connectivity index (χ2n) is 5.34. The number of nitrogens with zero attached hydrogens (tertiary/aromatic N) is 2. The molecule has 1 heterocycles. The number of benzene rings is 1. The van der Waals surface area contributed by atoms with Crippen molar-refractivity contribution in [1.29, 1.82) is 0 Å². The maximum Gasteiger partial charge on any atom is 0.0626 e. The molecule has 0 aromatic heterocycles. The maximum atomic E-state index is 6.00.